The minimum atomic E-state index is 0.381. The van der Waals surface area contributed by atoms with Crippen molar-refractivity contribution in [2.75, 3.05) is 12.4 Å². The monoisotopic (exact) mass is 307 g/mol. The normalized spacial score (nSPS) is 10.8. The van der Waals surface area contributed by atoms with E-state index in [1.165, 1.54) is 11.1 Å². The molecule has 0 aliphatic heterocycles. The van der Waals surface area contributed by atoms with Crippen molar-refractivity contribution in [3.8, 4) is 0 Å². The van der Waals surface area contributed by atoms with Gasteiger partial charge in [0.2, 0.25) is 0 Å². The van der Waals surface area contributed by atoms with E-state index in [1.807, 2.05) is 31.3 Å². The van der Waals surface area contributed by atoms with Crippen LogP contribution in [-0.4, -0.2) is 17.0 Å². The first-order valence-corrected chi connectivity index (χ1v) is 7.88. The van der Waals surface area contributed by atoms with Crippen molar-refractivity contribution in [3.63, 3.8) is 0 Å². The van der Waals surface area contributed by atoms with E-state index in [4.69, 9.17) is 11.6 Å². The molecule has 0 aliphatic rings. The van der Waals surface area contributed by atoms with Crippen LogP contribution in [0.25, 0.3) is 0 Å². The summed E-state index contributed by atoms with van der Waals surface area (Å²) in [5.74, 6) is 2.16. The van der Waals surface area contributed by atoms with Gasteiger partial charge in [-0.3, -0.25) is 0 Å². The molecule has 2 rings (SSSR count). The largest absolute Gasteiger partial charge is 0.373 e. The zero-order valence-electron chi connectivity index (χ0n) is 11.9. The van der Waals surface area contributed by atoms with Crippen LogP contribution in [0.4, 0.5) is 5.82 Å². The fourth-order valence-electron chi connectivity index (χ4n) is 1.95. The quantitative estimate of drug-likeness (QED) is 0.648. The molecule has 5 heteroatoms. The minimum Gasteiger partial charge on any atom is -0.373 e. The summed E-state index contributed by atoms with van der Waals surface area (Å²) in [5.41, 5.74) is 2.41. The highest BCUT2D eigenvalue weighted by atomic mass is 35.5. The summed E-state index contributed by atoms with van der Waals surface area (Å²) in [6.45, 7) is 4.32. The van der Waals surface area contributed by atoms with Gasteiger partial charge in [-0.25, -0.2) is 9.97 Å². The maximum Gasteiger partial charge on any atom is 0.133 e. The van der Waals surface area contributed by atoms with Gasteiger partial charge in [-0.05, 0) is 23.6 Å². The van der Waals surface area contributed by atoms with Crippen molar-refractivity contribution in [1.29, 1.82) is 0 Å². The summed E-state index contributed by atoms with van der Waals surface area (Å²) in [6.07, 6.45) is 1.61. The lowest BCUT2D eigenvalue weighted by atomic mass is 10.1. The van der Waals surface area contributed by atoms with E-state index in [1.54, 1.807) is 18.1 Å². The second kappa shape index (κ2) is 6.95. The van der Waals surface area contributed by atoms with Crippen molar-refractivity contribution >= 4 is 29.2 Å². The number of nitrogens with zero attached hydrogens (tertiary/aromatic N) is 2. The molecule has 0 fully saturated rings. The summed E-state index contributed by atoms with van der Waals surface area (Å²) in [6, 6.07) is 7.93. The lowest BCUT2D eigenvalue weighted by Gasteiger charge is -2.15. The predicted octanol–water partition coefficient (Wildman–Crippen LogP) is 4.59. The van der Waals surface area contributed by atoms with E-state index in [0.717, 1.165) is 21.6 Å². The van der Waals surface area contributed by atoms with Gasteiger partial charge in [0.15, 0.2) is 0 Å². The van der Waals surface area contributed by atoms with Crippen LogP contribution in [0, 0.1) is 0 Å². The van der Waals surface area contributed by atoms with Gasteiger partial charge >= 0.3 is 0 Å². The highest BCUT2D eigenvalue weighted by molar-refractivity contribution is 7.98. The van der Waals surface area contributed by atoms with E-state index in [2.05, 4.69) is 29.1 Å². The lowest BCUT2D eigenvalue weighted by Crippen LogP contribution is -2.04. The van der Waals surface area contributed by atoms with Crippen LogP contribution in [-0.2, 0) is 5.75 Å². The van der Waals surface area contributed by atoms with Gasteiger partial charge in [-0.2, -0.15) is 0 Å². The molecule has 106 valence electrons. The first-order chi connectivity index (χ1) is 9.61. The molecule has 0 bridgehead atoms. The average molecular weight is 308 g/mol. The Morgan fingerprint density at radius 2 is 1.90 bits per heavy atom. The Bertz CT molecular complexity index is 570. The van der Waals surface area contributed by atoms with Crippen LogP contribution < -0.4 is 5.32 Å². The summed E-state index contributed by atoms with van der Waals surface area (Å²) in [5, 5.41) is 4.94. The maximum absolute atomic E-state index is 5.90. The molecule has 20 heavy (non-hydrogen) atoms. The van der Waals surface area contributed by atoms with Gasteiger partial charge in [0.25, 0.3) is 0 Å². The number of aromatic nitrogens is 2. The zero-order valence-corrected chi connectivity index (χ0v) is 13.4. The topological polar surface area (TPSA) is 37.8 Å². The van der Waals surface area contributed by atoms with E-state index in [9.17, 15) is 0 Å². The molecule has 0 radical (unpaired) electrons. The van der Waals surface area contributed by atoms with Crippen molar-refractivity contribution in [3.05, 3.63) is 46.7 Å². The van der Waals surface area contributed by atoms with Gasteiger partial charge in [0.05, 0.1) is 0 Å². The van der Waals surface area contributed by atoms with Crippen molar-refractivity contribution in [1.82, 2.24) is 9.97 Å². The van der Waals surface area contributed by atoms with Crippen molar-refractivity contribution in [2.24, 2.45) is 0 Å². The lowest BCUT2D eigenvalue weighted by molar-refractivity contribution is 0.806. The van der Waals surface area contributed by atoms with E-state index in [0.29, 0.717) is 5.92 Å². The van der Waals surface area contributed by atoms with Crippen LogP contribution in [0.15, 0.2) is 35.6 Å². The molecule has 1 N–H and O–H groups in total. The molecular weight excluding hydrogens is 290 g/mol. The summed E-state index contributed by atoms with van der Waals surface area (Å²) in [7, 11) is 1.89. The number of benzene rings is 1. The van der Waals surface area contributed by atoms with Crippen LogP contribution in [0.1, 0.15) is 30.9 Å². The van der Waals surface area contributed by atoms with Crippen LogP contribution in [0.3, 0.4) is 0 Å². The van der Waals surface area contributed by atoms with Crippen molar-refractivity contribution in [2.45, 2.75) is 30.5 Å². The van der Waals surface area contributed by atoms with Gasteiger partial charge < -0.3 is 5.32 Å². The average Bonchev–Trinajstić information content (AvgIpc) is 2.46. The van der Waals surface area contributed by atoms with Gasteiger partial charge in [0, 0.05) is 23.4 Å². The van der Waals surface area contributed by atoms with E-state index in [-0.39, 0.29) is 0 Å². The summed E-state index contributed by atoms with van der Waals surface area (Å²) in [4.78, 5) is 8.72. The van der Waals surface area contributed by atoms with E-state index >= 15 is 0 Å². The Kier molecular flexibility index (Phi) is 5.26. The Morgan fingerprint density at radius 1 is 1.20 bits per heavy atom. The number of thioether (sulfide) groups is 1. The fraction of sp³-hybridized carbons (Fsp3) is 0.333. The Labute approximate surface area is 129 Å². The molecule has 0 saturated heterocycles. The Balaban J connectivity index is 2.18. The molecule has 0 spiro atoms. The number of hydrogen-bond donors (Lipinski definition) is 1. The molecule has 1 heterocycles. The fourth-order valence-corrected chi connectivity index (χ4v) is 3.18. The third-order valence-corrected chi connectivity index (χ3v) is 4.28. The van der Waals surface area contributed by atoms with Crippen molar-refractivity contribution < 1.29 is 0 Å². The first kappa shape index (κ1) is 15.1. The molecule has 0 atom stereocenters. The molecule has 0 saturated carbocycles. The molecule has 0 unspecified atom stereocenters. The molecule has 2 aromatic rings. The van der Waals surface area contributed by atoms with Gasteiger partial charge in [-0.1, -0.05) is 37.6 Å². The maximum atomic E-state index is 5.90. The highest BCUT2D eigenvalue weighted by Gasteiger charge is 2.14. The van der Waals surface area contributed by atoms with Gasteiger partial charge in [0.1, 0.15) is 17.2 Å². The minimum absolute atomic E-state index is 0.381. The zero-order chi connectivity index (χ0) is 14.5. The number of hydrogen-bond acceptors (Lipinski definition) is 4. The molecule has 3 nitrogen and oxygen atoms in total. The molecule has 1 aromatic heterocycles. The molecule has 0 aliphatic carbocycles. The highest BCUT2D eigenvalue weighted by Crippen LogP contribution is 2.32. The van der Waals surface area contributed by atoms with Crippen LogP contribution >= 0.6 is 23.4 Å². The second-order valence-corrected chi connectivity index (χ2v) is 6.16. The predicted molar refractivity (Wildman–Crippen MR) is 86.7 cm³/mol. The Morgan fingerprint density at radius 3 is 2.50 bits per heavy atom. The summed E-state index contributed by atoms with van der Waals surface area (Å²) < 4.78 is 0. The summed E-state index contributed by atoms with van der Waals surface area (Å²) >= 11 is 7.63. The van der Waals surface area contributed by atoms with Gasteiger partial charge in [-0.15, -0.1) is 11.8 Å². The Hall–Kier alpha value is -1.26. The number of rotatable bonds is 5. The number of nitrogens with one attached hydrogen (secondary N) is 1. The van der Waals surface area contributed by atoms with E-state index < -0.39 is 0 Å². The number of anilines is 1. The SMILES string of the molecule is CNc1ncnc(SCc2ccc(Cl)cc2)c1C(C)C. The van der Waals surface area contributed by atoms with Crippen LogP contribution in [0.2, 0.25) is 5.02 Å². The first-order valence-electron chi connectivity index (χ1n) is 6.51. The smallest absolute Gasteiger partial charge is 0.133 e. The van der Waals surface area contributed by atoms with Crippen LogP contribution in [0.5, 0.6) is 0 Å². The third-order valence-electron chi connectivity index (χ3n) is 2.95. The molecule has 1 aromatic carbocycles. The second-order valence-electron chi connectivity index (χ2n) is 4.76. The molecular formula is C15H18ClN3S. The number of halogens is 1. The third kappa shape index (κ3) is 3.64. The molecule has 0 amide bonds. The standard InChI is InChI=1S/C15H18ClN3S/c1-10(2)13-14(17-3)18-9-19-15(13)20-8-11-4-6-12(16)7-5-11/h4-7,9-10H,8H2,1-3H3,(H,17,18,19).